The molecule has 0 heterocycles. The van der Waals surface area contributed by atoms with Gasteiger partial charge in [0.25, 0.3) is 11.8 Å². The molecular formula is C21H20ClN3O6. The molecule has 0 unspecified atom stereocenters. The highest BCUT2D eigenvalue weighted by Gasteiger charge is 2.13. The lowest BCUT2D eigenvalue weighted by atomic mass is 10.1. The molecule has 0 aliphatic heterocycles. The van der Waals surface area contributed by atoms with Gasteiger partial charge in [-0.3, -0.25) is 34.8 Å². The van der Waals surface area contributed by atoms with Crippen molar-refractivity contribution in [1.29, 1.82) is 0 Å². The van der Waals surface area contributed by atoms with Gasteiger partial charge in [0.05, 0.1) is 17.0 Å². The first-order valence-corrected chi connectivity index (χ1v) is 9.54. The molecule has 3 N–H and O–H groups in total. The van der Waals surface area contributed by atoms with Gasteiger partial charge in [0, 0.05) is 17.7 Å². The van der Waals surface area contributed by atoms with Crippen LogP contribution in [0.15, 0.2) is 48.5 Å². The number of hydrogen-bond acceptors (Lipinski definition) is 6. The molecule has 3 amide bonds. The van der Waals surface area contributed by atoms with Crippen molar-refractivity contribution in [2.45, 2.75) is 19.8 Å². The number of ether oxygens (including phenoxy) is 1. The lowest BCUT2D eigenvalue weighted by Crippen LogP contribution is -2.43. The summed E-state index contributed by atoms with van der Waals surface area (Å²) in [5.74, 6) is -2.66. The maximum atomic E-state index is 11.9. The molecule has 0 atom stereocenters. The van der Waals surface area contributed by atoms with E-state index in [0.717, 1.165) is 0 Å². The minimum atomic E-state index is -0.760. The van der Waals surface area contributed by atoms with E-state index < -0.39 is 30.3 Å². The van der Waals surface area contributed by atoms with Crippen molar-refractivity contribution in [3.05, 3.63) is 64.7 Å². The summed E-state index contributed by atoms with van der Waals surface area (Å²) in [6, 6.07) is 12.6. The maximum absolute atomic E-state index is 11.9. The van der Waals surface area contributed by atoms with Crippen LogP contribution in [-0.2, 0) is 19.1 Å². The summed E-state index contributed by atoms with van der Waals surface area (Å²) in [5.41, 5.74) is 5.42. The van der Waals surface area contributed by atoms with E-state index in [1.54, 1.807) is 36.4 Å². The fourth-order valence-corrected chi connectivity index (χ4v) is 2.54. The Morgan fingerprint density at radius 2 is 1.55 bits per heavy atom. The number of rotatable bonds is 8. The Morgan fingerprint density at radius 3 is 2.19 bits per heavy atom. The number of carbonyl (C=O) groups is 5. The molecule has 0 fully saturated rings. The highest BCUT2D eigenvalue weighted by Crippen LogP contribution is 2.14. The molecule has 0 aliphatic carbocycles. The van der Waals surface area contributed by atoms with Crippen molar-refractivity contribution in [1.82, 2.24) is 10.9 Å². The molecule has 2 aromatic carbocycles. The Hall–Kier alpha value is -3.72. The van der Waals surface area contributed by atoms with Crippen molar-refractivity contribution in [2.24, 2.45) is 0 Å². The number of esters is 1. The molecule has 2 rings (SSSR count). The van der Waals surface area contributed by atoms with Gasteiger partial charge in [0.1, 0.15) is 0 Å². The molecule has 2 aromatic rings. The van der Waals surface area contributed by atoms with Crippen LogP contribution in [0, 0.1) is 0 Å². The maximum Gasteiger partial charge on any atom is 0.306 e. The number of ketones is 1. The highest BCUT2D eigenvalue weighted by molar-refractivity contribution is 6.33. The number of halogens is 1. The zero-order valence-corrected chi connectivity index (χ0v) is 17.3. The van der Waals surface area contributed by atoms with Gasteiger partial charge in [-0.05, 0) is 43.3 Å². The van der Waals surface area contributed by atoms with Crippen molar-refractivity contribution in [3.63, 3.8) is 0 Å². The van der Waals surface area contributed by atoms with E-state index in [9.17, 15) is 24.0 Å². The predicted molar refractivity (Wildman–Crippen MR) is 112 cm³/mol. The molecule has 9 nitrogen and oxygen atoms in total. The molecule has 0 spiro atoms. The number of benzene rings is 2. The molecule has 0 radical (unpaired) electrons. The third kappa shape index (κ3) is 7.90. The molecule has 0 bridgehead atoms. The number of hydrogen-bond donors (Lipinski definition) is 3. The Kier molecular flexibility index (Phi) is 8.71. The minimum absolute atomic E-state index is 0.0897. The van der Waals surface area contributed by atoms with E-state index in [4.69, 9.17) is 16.3 Å². The van der Waals surface area contributed by atoms with Crippen LogP contribution in [0.4, 0.5) is 5.69 Å². The molecule has 10 heteroatoms. The second kappa shape index (κ2) is 11.5. The number of carbonyl (C=O) groups excluding carboxylic acids is 5. The first kappa shape index (κ1) is 23.6. The van der Waals surface area contributed by atoms with Gasteiger partial charge in [-0.15, -0.1) is 0 Å². The molecule has 0 saturated carbocycles. The lowest BCUT2D eigenvalue weighted by Gasteiger charge is -2.09. The molecule has 162 valence electrons. The summed E-state index contributed by atoms with van der Waals surface area (Å²) in [7, 11) is 0. The number of Topliss-reactive ketones (excluding diaryl/α,β-unsaturated/α-hetero) is 1. The van der Waals surface area contributed by atoms with E-state index >= 15 is 0 Å². The fourth-order valence-electron chi connectivity index (χ4n) is 2.32. The first-order valence-electron chi connectivity index (χ1n) is 9.16. The largest absolute Gasteiger partial charge is 0.455 e. The molecule has 0 saturated heterocycles. The van der Waals surface area contributed by atoms with Crippen molar-refractivity contribution < 1.29 is 28.7 Å². The molecular weight excluding hydrogens is 426 g/mol. The van der Waals surface area contributed by atoms with E-state index in [2.05, 4.69) is 16.2 Å². The summed E-state index contributed by atoms with van der Waals surface area (Å²) in [6.07, 6.45) is -0.394. The van der Waals surface area contributed by atoms with Gasteiger partial charge in [-0.1, -0.05) is 23.7 Å². The number of nitrogens with one attached hydrogen (secondary N) is 3. The third-order valence-corrected chi connectivity index (χ3v) is 4.26. The monoisotopic (exact) mass is 445 g/mol. The van der Waals surface area contributed by atoms with Crippen LogP contribution in [0.5, 0.6) is 0 Å². The average Bonchev–Trinajstić information content (AvgIpc) is 2.75. The van der Waals surface area contributed by atoms with Gasteiger partial charge in [0.15, 0.2) is 12.4 Å². The standard InChI is InChI=1S/C21H20ClN3O6/c1-13(26)14-6-8-15(9-7-14)23-18(27)10-11-20(29)31-12-19(28)24-25-21(30)16-4-2-3-5-17(16)22/h2-9H,10-12H2,1H3,(H,23,27)(H,24,28)(H,25,30). The number of amides is 3. The number of hydrazine groups is 1. The van der Waals surface area contributed by atoms with Crippen LogP contribution in [0.3, 0.4) is 0 Å². The van der Waals surface area contributed by atoms with Crippen molar-refractivity contribution in [3.8, 4) is 0 Å². The van der Waals surface area contributed by atoms with Crippen LogP contribution in [0.25, 0.3) is 0 Å². The topological polar surface area (TPSA) is 131 Å². The second-order valence-corrected chi connectivity index (χ2v) is 6.73. The Labute approximate surface area is 183 Å². The van der Waals surface area contributed by atoms with Crippen LogP contribution >= 0.6 is 11.6 Å². The summed E-state index contributed by atoms with van der Waals surface area (Å²) >= 11 is 5.88. The Balaban J connectivity index is 1.66. The zero-order valence-electron chi connectivity index (χ0n) is 16.6. The Bertz CT molecular complexity index is 991. The molecule has 0 aliphatic rings. The smallest absolute Gasteiger partial charge is 0.306 e. The van der Waals surface area contributed by atoms with E-state index in [1.165, 1.54) is 19.1 Å². The van der Waals surface area contributed by atoms with Crippen LogP contribution < -0.4 is 16.2 Å². The molecule has 31 heavy (non-hydrogen) atoms. The van der Waals surface area contributed by atoms with Crippen LogP contribution in [0.2, 0.25) is 5.02 Å². The normalized spacial score (nSPS) is 10.0. The summed E-state index contributed by atoms with van der Waals surface area (Å²) < 4.78 is 4.76. The zero-order chi connectivity index (χ0) is 22.8. The van der Waals surface area contributed by atoms with Gasteiger partial charge in [-0.25, -0.2) is 0 Å². The summed E-state index contributed by atoms with van der Waals surface area (Å²) in [6.45, 7) is 0.808. The van der Waals surface area contributed by atoms with E-state index in [0.29, 0.717) is 11.3 Å². The van der Waals surface area contributed by atoms with E-state index in [1.807, 2.05) is 0 Å². The van der Waals surface area contributed by atoms with E-state index in [-0.39, 0.29) is 29.2 Å². The second-order valence-electron chi connectivity index (χ2n) is 6.32. The quantitative estimate of drug-likeness (QED) is 0.324. The van der Waals surface area contributed by atoms with Crippen molar-refractivity contribution >= 4 is 46.8 Å². The molecule has 0 aromatic heterocycles. The van der Waals surface area contributed by atoms with Crippen molar-refractivity contribution in [2.75, 3.05) is 11.9 Å². The van der Waals surface area contributed by atoms with Crippen LogP contribution in [0.1, 0.15) is 40.5 Å². The minimum Gasteiger partial charge on any atom is -0.455 e. The summed E-state index contributed by atoms with van der Waals surface area (Å²) in [4.78, 5) is 58.4. The Morgan fingerprint density at radius 1 is 0.871 bits per heavy atom. The third-order valence-electron chi connectivity index (χ3n) is 3.93. The first-order chi connectivity index (χ1) is 14.8. The summed E-state index contributed by atoms with van der Waals surface area (Å²) in [5, 5.41) is 2.80. The van der Waals surface area contributed by atoms with Gasteiger partial charge in [-0.2, -0.15) is 0 Å². The highest BCUT2D eigenvalue weighted by atomic mass is 35.5. The van der Waals surface area contributed by atoms with Crippen LogP contribution in [-0.4, -0.2) is 36.1 Å². The SMILES string of the molecule is CC(=O)c1ccc(NC(=O)CCC(=O)OCC(=O)NNC(=O)c2ccccc2Cl)cc1. The van der Waals surface area contributed by atoms with Gasteiger partial charge >= 0.3 is 5.97 Å². The van der Waals surface area contributed by atoms with Gasteiger partial charge in [0.2, 0.25) is 5.91 Å². The number of anilines is 1. The predicted octanol–water partition coefficient (Wildman–Crippen LogP) is 2.27. The lowest BCUT2D eigenvalue weighted by molar-refractivity contribution is -0.149. The average molecular weight is 446 g/mol. The fraction of sp³-hybridized carbons (Fsp3) is 0.190. The van der Waals surface area contributed by atoms with Gasteiger partial charge < -0.3 is 10.1 Å².